The molecule has 1 aliphatic rings. The summed E-state index contributed by atoms with van der Waals surface area (Å²) in [6.07, 6.45) is 4.36. The van der Waals surface area contributed by atoms with Gasteiger partial charge in [-0.05, 0) is 44.4 Å². The third-order valence-corrected chi connectivity index (χ3v) is 4.55. The van der Waals surface area contributed by atoms with Crippen molar-refractivity contribution < 1.29 is 14.6 Å². The Labute approximate surface area is 138 Å². The van der Waals surface area contributed by atoms with Crippen LogP contribution in [-0.4, -0.2) is 55.3 Å². The lowest BCUT2D eigenvalue weighted by Gasteiger charge is -2.34. The van der Waals surface area contributed by atoms with E-state index in [4.69, 9.17) is 4.74 Å². The molecule has 1 aromatic carbocycles. The molecule has 23 heavy (non-hydrogen) atoms. The minimum Gasteiger partial charge on any atom is -0.496 e. The zero-order valence-corrected chi connectivity index (χ0v) is 14.2. The van der Waals surface area contributed by atoms with E-state index < -0.39 is 0 Å². The van der Waals surface area contributed by atoms with Crippen LogP contribution in [0.5, 0.6) is 5.75 Å². The molecule has 0 saturated carbocycles. The van der Waals surface area contributed by atoms with E-state index in [-0.39, 0.29) is 18.6 Å². The van der Waals surface area contributed by atoms with Gasteiger partial charge in [0.05, 0.1) is 19.3 Å². The van der Waals surface area contributed by atoms with Crippen LogP contribution in [-0.2, 0) is 0 Å². The lowest BCUT2D eigenvalue weighted by Crippen LogP contribution is -2.43. The van der Waals surface area contributed by atoms with Crippen molar-refractivity contribution >= 4 is 5.91 Å². The maximum Gasteiger partial charge on any atom is 0.255 e. The third kappa shape index (κ3) is 4.69. The maximum atomic E-state index is 12.4. The normalized spacial score (nSPS) is 18.7. The van der Waals surface area contributed by atoms with Crippen LogP contribution in [0.2, 0.25) is 0 Å². The Morgan fingerprint density at radius 3 is 3.00 bits per heavy atom. The highest BCUT2D eigenvalue weighted by Gasteiger charge is 2.21. The predicted molar refractivity (Wildman–Crippen MR) is 91.0 cm³/mol. The van der Waals surface area contributed by atoms with Crippen LogP contribution in [0.4, 0.5) is 0 Å². The summed E-state index contributed by atoms with van der Waals surface area (Å²) in [6.45, 7) is 4.73. The monoisotopic (exact) mass is 320 g/mol. The SMILES string of the molecule is COc1cccc(C)c1C(=O)NCCCN1CCCCC1CO. The number of nitrogens with zero attached hydrogens (tertiary/aromatic N) is 1. The number of ether oxygens (including phenoxy) is 1. The van der Waals surface area contributed by atoms with Crippen LogP contribution >= 0.6 is 0 Å². The number of carbonyl (C=O) groups excluding carboxylic acids is 1. The summed E-state index contributed by atoms with van der Waals surface area (Å²) in [5.41, 5.74) is 1.53. The Kier molecular flexibility index (Phi) is 6.86. The molecule has 128 valence electrons. The molecule has 1 amide bonds. The Balaban J connectivity index is 1.81. The maximum absolute atomic E-state index is 12.4. The first-order valence-corrected chi connectivity index (χ1v) is 8.44. The number of aliphatic hydroxyl groups is 1. The average molecular weight is 320 g/mol. The summed E-state index contributed by atoms with van der Waals surface area (Å²) >= 11 is 0. The van der Waals surface area contributed by atoms with Crippen LogP contribution in [0.3, 0.4) is 0 Å². The molecule has 0 aliphatic carbocycles. The minimum atomic E-state index is -0.0858. The molecule has 1 unspecified atom stereocenters. The van der Waals surface area contributed by atoms with Gasteiger partial charge in [0.15, 0.2) is 0 Å². The van der Waals surface area contributed by atoms with E-state index in [9.17, 15) is 9.90 Å². The Morgan fingerprint density at radius 2 is 2.26 bits per heavy atom. The molecule has 0 spiro atoms. The van der Waals surface area contributed by atoms with Crippen LogP contribution in [0.1, 0.15) is 41.6 Å². The number of carbonyl (C=O) groups is 1. The number of piperidine rings is 1. The van der Waals surface area contributed by atoms with Gasteiger partial charge in [0.25, 0.3) is 5.91 Å². The fourth-order valence-electron chi connectivity index (χ4n) is 3.24. The Bertz CT molecular complexity index is 519. The first kappa shape index (κ1) is 17.8. The number of benzene rings is 1. The van der Waals surface area contributed by atoms with Gasteiger partial charge in [-0.1, -0.05) is 18.6 Å². The van der Waals surface area contributed by atoms with Gasteiger partial charge in [-0.3, -0.25) is 9.69 Å². The molecule has 1 aromatic rings. The van der Waals surface area contributed by atoms with Crippen LogP contribution in [0.25, 0.3) is 0 Å². The summed E-state index contributed by atoms with van der Waals surface area (Å²) in [4.78, 5) is 14.7. The van der Waals surface area contributed by atoms with Crippen molar-refractivity contribution in [2.45, 2.75) is 38.6 Å². The highest BCUT2D eigenvalue weighted by atomic mass is 16.5. The summed E-state index contributed by atoms with van der Waals surface area (Å²) in [7, 11) is 1.58. The molecular formula is C18H28N2O3. The predicted octanol–water partition coefficient (Wildman–Crippen LogP) is 1.97. The zero-order chi connectivity index (χ0) is 16.7. The molecule has 2 N–H and O–H groups in total. The number of likely N-dealkylation sites (tertiary alicyclic amines) is 1. The standard InChI is InChI=1S/C18H28N2O3/c1-14-7-5-9-16(23-2)17(14)18(22)19-10-6-12-20-11-4-3-8-15(20)13-21/h5,7,9,15,21H,3-4,6,8,10-13H2,1-2H3,(H,19,22). The average Bonchev–Trinajstić information content (AvgIpc) is 2.58. The second-order valence-corrected chi connectivity index (χ2v) is 6.13. The van der Waals surface area contributed by atoms with Crippen molar-refractivity contribution in [3.05, 3.63) is 29.3 Å². The first-order chi connectivity index (χ1) is 11.2. The number of aliphatic hydroxyl groups excluding tert-OH is 1. The lowest BCUT2D eigenvalue weighted by atomic mass is 10.0. The molecule has 1 aliphatic heterocycles. The van der Waals surface area contributed by atoms with Gasteiger partial charge < -0.3 is 15.2 Å². The van der Waals surface area contributed by atoms with E-state index in [1.807, 2.05) is 25.1 Å². The van der Waals surface area contributed by atoms with Crippen molar-refractivity contribution in [3.63, 3.8) is 0 Å². The molecule has 1 heterocycles. The lowest BCUT2D eigenvalue weighted by molar-refractivity contribution is 0.0867. The highest BCUT2D eigenvalue weighted by Crippen LogP contribution is 2.21. The molecule has 5 nitrogen and oxygen atoms in total. The Hall–Kier alpha value is -1.59. The topological polar surface area (TPSA) is 61.8 Å². The van der Waals surface area contributed by atoms with Gasteiger partial charge in [-0.15, -0.1) is 0 Å². The van der Waals surface area contributed by atoms with Crippen molar-refractivity contribution in [2.75, 3.05) is 33.4 Å². The molecule has 0 bridgehead atoms. The van der Waals surface area contributed by atoms with Gasteiger partial charge in [0.1, 0.15) is 5.75 Å². The number of nitrogens with one attached hydrogen (secondary N) is 1. The number of hydrogen-bond acceptors (Lipinski definition) is 4. The molecule has 1 atom stereocenters. The van der Waals surface area contributed by atoms with E-state index in [1.165, 1.54) is 12.8 Å². The van der Waals surface area contributed by atoms with E-state index >= 15 is 0 Å². The number of rotatable bonds is 7. The second-order valence-electron chi connectivity index (χ2n) is 6.13. The van der Waals surface area contributed by atoms with Crippen molar-refractivity contribution in [1.82, 2.24) is 10.2 Å². The number of aryl methyl sites for hydroxylation is 1. The summed E-state index contributed by atoms with van der Waals surface area (Å²) in [6, 6.07) is 5.89. The number of amides is 1. The van der Waals surface area contributed by atoms with E-state index in [0.717, 1.165) is 31.5 Å². The fraction of sp³-hybridized carbons (Fsp3) is 0.611. The van der Waals surface area contributed by atoms with Gasteiger partial charge in [-0.25, -0.2) is 0 Å². The van der Waals surface area contributed by atoms with E-state index in [0.29, 0.717) is 17.9 Å². The number of hydrogen-bond donors (Lipinski definition) is 2. The minimum absolute atomic E-state index is 0.0858. The molecule has 0 aromatic heterocycles. The molecule has 5 heteroatoms. The fourth-order valence-corrected chi connectivity index (χ4v) is 3.24. The summed E-state index contributed by atoms with van der Waals surface area (Å²) in [5.74, 6) is 0.524. The van der Waals surface area contributed by atoms with Crippen molar-refractivity contribution in [1.29, 1.82) is 0 Å². The van der Waals surface area contributed by atoms with Gasteiger partial charge in [-0.2, -0.15) is 0 Å². The molecule has 1 fully saturated rings. The summed E-state index contributed by atoms with van der Waals surface area (Å²) in [5, 5.41) is 12.4. The van der Waals surface area contributed by atoms with Crippen molar-refractivity contribution in [3.8, 4) is 5.75 Å². The quantitative estimate of drug-likeness (QED) is 0.754. The molecular weight excluding hydrogens is 292 g/mol. The first-order valence-electron chi connectivity index (χ1n) is 8.44. The van der Waals surface area contributed by atoms with Crippen LogP contribution in [0, 0.1) is 6.92 Å². The largest absolute Gasteiger partial charge is 0.496 e. The molecule has 2 rings (SSSR count). The highest BCUT2D eigenvalue weighted by molar-refractivity contribution is 5.98. The van der Waals surface area contributed by atoms with Gasteiger partial charge >= 0.3 is 0 Å². The molecule has 1 saturated heterocycles. The third-order valence-electron chi connectivity index (χ3n) is 4.55. The van der Waals surface area contributed by atoms with Crippen LogP contribution in [0.15, 0.2) is 18.2 Å². The van der Waals surface area contributed by atoms with Gasteiger partial charge in [0, 0.05) is 19.1 Å². The van der Waals surface area contributed by atoms with Crippen molar-refractivity contribution in [2.24, 2.45) is 0 Å². The smallest absolute Gasteiger partial charge is 0.255 e. The van der Waals surface area contributed by atoms with Gasteiger partial charge in [0.2, 0.25) is 0 Å². The summed E-state index contributed by atoms with van der Waals surface area (Å²) < 4.78 is 5.28. The van der Waals surface area contributed by atoms with E-state index in [2.05, 4.69) is 10.2 Å². The number of methoxy groups -OCH3 is 1. The second kappa shape index (κ2) is 8.89. The van der Waals surface area contributed by atoms with E-state index in [1.54, 1.807) is 7.11 Å². The van der Waals surface area contributed by atoms with Crippen LogP contribution < -0.4 is 10.1 Å². The Morgan fingerprint density at radius 1 is 1.43 bits per heavy atom. The zero-order valence-electron chi connectivity index (χ0n) is 14.2. The molecule has 0 radical (unpaired) electrons.